The van der Waals surface area contributed by atoms with Gasteiger partial charge in [-0.25, -0.2) is 4.98 Å². The van der Waals surface area contributed by atoms with E-state index >= 15 is 0 Å². The van der Waals surface area contributed by atoms with Crippen LogP contribution >= 0.6 is 0 Å². The van der Waals surface area contributed by atoms with Crippen molar-refractivity contribution in [3.8, 4) is 0 Å². The molecule has 0 spiro atoms. The van der Waals surface area contributed by atoms with Gasteiger partial charge in [0.25, 0.3) is 0 Å². The van der Waals surface area contributed by atoms with Crippen LogP contribution in [0.25, 0.3) is 0 Å². The van der Waals surface area contributed by atoms with E-state index in [0.29, 0.717) is 0 Å². The zero-order valence-corrected chi connectivity index (χ0v) is 9.76. The Labute approximate surface area is 97.0 Å². The molecule has 1 heterocycles. The van der Waals surface area contributed by atoms with Crippen LogP contribution in [-0.4, -0.2) is 9.55 Å². The topological polar surface area (TPSA) is 17.8 Å². The highest BCUT2D eigenvalue weighted by molar-refractivity contribution is 5.14. The molecule has 0 aliphatic carbocycles. The lowest BCUT2D eigenvalue weighted by Crippen LogP contribution is -1.99. The number of rotatable bonds is 5. The highest BCUT2D eigenvalue weighted by Gasteiger charge is 1.96. The normalized spacial score (nSPS) is 10.6. The van der Waals surface area contributed by atoms with Gasteiger partial charge in [0.1, 0.15) is 5.82 Å². The summed E-state index contributed by atoms with van der Waals surface area (Å²) in [7, 11) is 0. The lowest BCUT2D eigenvalue weighted by atomic mass is 10.1. The molecule has 0 atom stereocenters. The van der Waals surface area contributed by atoms with Gasteiger partial charge in [0, 0.05) is 18.9 Å². The Balaban J connectivity index is 1.72. The summed E-state index contributed by atoms with van der Waals surface area (Å²) >= 11 is 0. The fourth-order valence-electron chi connectivity index (χ4n) is 1.90. The number of aryl methyl sites for hydroxylation is 3. The van der Waals surface area contributed by atoms with E-state index in [0.717, 1.165) is 12.4 Å². The Morgan fingerprint density at radius 2 is 1.94 bits per heavy atom. The summed E-state index contributed by atoms with van der Waals surface area (Å²) in [6.45, 7) is 3.13. The molecular formula is C14H18N2. The van der Waals surface area contributed by atoms with Gasteiger partial charge in [-0.3, -0.25) is 0 Å². The quantitative estimate of drug-likeness (QED) is 0.699. The maximum absolute atomic E-state index is 4.22. The van der Waals surface area contributed by atoms with Crippen molar-refractivity contribution in [1.82, 2.24) is 9.55 Å². The summed E-state index contributed by atoms with van der Waals surface area (Å²) in [5.74, 6) is 1.11. The van der Waals surface area contributed by atoms with E-state index in [4.69, 9.17) is 0 Å². The zero-order valence-electron chi connectivity index (χ0n) is 9.76. The fourth-order valence-corrected chi connectivity index (χ4v) is 1.90. The molecule has 0 aliphatic heterocycles. The van der Waals surface area contributed by atoms with Gasteiger partial charge in [-0.15, -0.1) is 0 Å². The Kier molecular flexibility index (Phi) is 3.76. The van der Waals surface area contributed by atoms with Crippen LogP contribution < -0.4 is 0 Å². The molecular weight excluding hydrogens is 196 g/mol. The maximum atomic E-state index is 4.22. The highest BCUT2D eigenvalue weighted by atomic mass is 15.0. The van der Waals surface area contributed by atoms with Crippen molar-refractivity contribution < 1.29 is 0 Å². The van der Waals surface area contributed by atoms with Gasteiger partial charge in [-0.2, -0.15) is 0 Å². The molecule has 0 saturated carbocycles. The van der Waals surface area contributed by atoms with Crippen molar-refractivity contribution in [2.24, 2.45) is 0 Å². The van der Waals surface area contributed by atoms with Crippen LogP contribution in [0.2, 0.25) is 0 Å². The standard InChI is InChI=1S/C14H18N2/c1-13-15-10-12-16(13)11-6-5-9-14-7-3-2-4-8-14/h2-4,7-8,10,12H,5-6,9,11H2,1H3. The number of hydrogen-bond acceptors (Lipinski definition) is 1. The number of unbranched alkanes of at least 4 members (excludes halogenated alkanes) is 1. The minimum atomic E-state index is 1.08. The molecule has 0 fully saturated rings. The molecule has 2 rings (SSSR count). The third-order valence-electron chi connectivity index (χ3n) is 2.88. The Bertz CT molecular complexity index is 417. The van der Waals surface area contributed by atoms with Crippen molar-refractivity contribution in [1.29, 1.82) is 0 Å². The van der Waals surface area contributed by atoms with E-state index in [-0.39, 0.29) is 0 Å². The molecule has 0 radical (unpaired) electrons. The van der Waals surface area contributed by atoms with Gasteiger partial charge in [0.15, 0.2) is 0 Å². The van der Waals surface area contributed by atoms with Gasteiger partial charge in [0.05, 0.1) is 0 Å². The molecule has 0 N–H and O–H groups in total. The molecule has 0 aliphatic rings. The first-order valence-corrected chi connectivity index (χ1v) is 5.88. The van der Waals surface area contributed by atoms with Crippen molar-refractivity contribution in [2.75, 3.05) is 0 Å². The second kappa shape index (κ2) is 5.50. The molecule has 0 unspecified atom stereocenters. The van der Waals surface area contributed by atoms with Crippen LogP contribution in [0.3, 0.4) is 0 Å². The second-order valence-electron chi connectivity index (χ2n) is 4.11. The first-order chi connectivity index (χ1) is 7.86. The molecule has 0 bridgehead atoms. The number of imidazole rings is 1. The molecule has 1 aromatic heterocycles. The minimum absolute atomic E-state index is 1.08. The average Bonchev–Trinajstić information content (AvgIpc) is 2.72. The lowest BCUT2D eigenvalue weighted by molar-refractivity contribution is 0.596. The Morgan fingerprint density at radius 3 is 2.62 bits per heavy atom. The molecule has 0 amide bonds. The highest BCUT2D eigenvalue weighted by Crippen LogP contribution is 2.06. The summed E-state index contributed by atoms with van der Waals surface area (Å²) in [5.41, 5.74) is 1.44. The summed E-state index contributed by atoms with van der Waals surface area (Å²) in [4.78, 5) is 4.22. The predicted octanol–water partition coefficient (Wildman–Crippen LogP) is 3.21. The van der Waals surface area contributed by atoms with E-state index in [2.05, 4.69) is 53.0 Å². The minimum Gasteiger partial charge on any atom is -0.335 e. The van der Waals surface area contributed by atoms with Crippen molar-refractivity contribution in [3.05, 3.63) is 54.1 Å². The Hall–Kier alpha value is -1.57. The summed E-state index contributed by atoms with van der Waals surface area (Å²) in [5, 5.41) is 0. The van der Waals surface area contributed by atoms with Crippen LogP contribution in [0, 0.1) is 6.92 Å². The fraction of sp³-hybridized carbons (Fsp3) is 0.357. The third kappa shape index (κ3) is 2.96. The lowest BCUT2D eigenvalue weighted by Gasteiger charge is -2.04. The summed E-state index contributed by atoms with van der Waals surface area (Å²) in [6.07, 6.45) is 7.55. The smallest absolute Gasteiger partial charge is 0.105 e. The van der Waals surface area contributed by atoms with Gasteiger partial charge >= 0.3 is 0 Å². The van der Waals surface area contributed by atoms with Crippen molar-refractivity contribution in [3.63, 3.8) is 0 Å². The number of aromatic nitrogens is 2. The number of hydrogen-bond donors (Lipinski definition) is 0. The van der Waals surface area contributed by atoms with Crippen molar-refractivity contribution in [2.45, 2.75) is 32.7 Å². The first kappa shape index (κ1) is 10.9. The van der Waals surface area contributed by atoms with Gasteiger partial charge in [-0.1, -0.05) is 30.3 Å². The van der Waals surface area contributed by atoms with E-state index in [1.54, 1.807) is 0 Å². The van der Waals surface area contributed by atoms with Crippen LogP contribution in [0.15, 0.2) is 42.7 Å². The van der Waals surface area contributed by atoms with E-state index < -0.39 is 0 Å². The first-order valence-electron chi connectivity index (χ1n) is 5.88. The zero-order chi connectivity index (χ0) is 11.2. The van der Waals surface area contributed by atoms with E-state index in [1.807, 2.05) is 6.20 Å². The maximum Gasteiger partial charge on any atom is 0.105 e. The second-order valence-corrected chi connectivity index (χ2v) is 4.11. The van der Waals surface area contributed by atoms with Gasteiger partial charge in [0.2, 0.25) is 0 Å². The summed E-state index contributed by atoms with van der Waals surface area (Å²) < 4.78 is 2.21. The Morgan fingerprint density at radius 1 is 1.12 bits per heavy atom. The van der Waals surface area contributed by atoms with Gasteiger partial charge in [-0.05, 0) is 31.7 Å². The SMILES string of the molecule is Cc1nccn1CCCCc1ccccc1. The van der Waals surface area contributed by atoms with Crippen LogP contribution in [0.4, 0.5) is 0 Å². The number of benzene rings is 1. The van der Waals surface area contributed by atoms with Crippen LogP contribution in [-0.2, 0) is 13.0 Å². The molecule has 2 heteroatoms. The van der Waals surface area contributed by atoms with Crippen molar-refractivity contribution >= 4 is 0 Å². The molecule has 2 aromatic rings. The predicted molar refractivity (Wildman–Crippen MR) is 66.3 cm³/mol. The number of nitrogens with zero attached hydrogens (tertiary/aromatic N) is 2. The molecule has 1 aromatic carbocycles. The molecule has 2 nitrogen and oxygen atoms in total. The molecule has 0 saturated heterocycles. The van der Waals surface area contributed by atoms with Crippen LogP contribution in [0.1, 0.15) is 24.2 Å². The summed E-state index contributed by atoms with van der Waals surface area (Å²) in [6, 6.07) is 10.7. The van der Waals surface area contributed by atoms with E-state index in [9.17, 15) is 0 Å². The monoisotopic (exact) mass is 214 g/mol. The van der Waals surface area contributed by atoms with E-state index in [1.165, 1.54) is 24.8 Å². The van der Waals surface area contributed by atoms with Gasteiger partial charge < -0.3 is 4.57 Å². The largest absolute Gasteiger partial charge is 0.335 e. The average molecular weight is 214 g/mol. The third-order valence-corrected chi connectivity index (χ3v) is 2.88. The van der Waals surface area contributed by atoms with Crippen LogP contribution in [0.5, 0.6) is 0 Å². The molecule has 84 valence electrons. The molecule has 16 heavy (non-hydrogen) atoms.